The molecule has 0 heterocycles. The normalized spacial score (nSPS) is 48.5. The topological polar surface area (TPSA) is 37.3 Å². The van der Waals surface area contributed by atoms with Crippen LogP contribution in [0, 0.1) is 40.9 Å². The van der Waals surface area contributed by atoms with Gasteiger partial charge in [-0.15, -0.1) is 5.92 Å². The van der Waals surface area contributed by atoms with E-state index in [9.17, 15) is 9.90 Å². The standard InChI is InChI=1S/C21H28O2/c1-3-10-21(23)12-9-19-18-6-4-14-13-15(22)5-7-16(14)17(18)8-11-20(19,21)2/h13,16-19,23H,4-9,11-12H2,1-2H3/t16-,17-,18+,19+,20-,21+/m0/s1. The van der Waals surface area contributed by atoms with E-state index in [0.717, 1.165) is 50.4 Å². The molecule has 0 saturated heterocycles. The highest BCUT2D eigenvalue weighted by Gasteiger charge is 2.61. The van der Waals surface area contributed by atoms with E-state index < -0.39 is 5.60 Å². The third kappa shape index (κ3) is 2.09. The van der Waals surface area contributed by atoms with Gasteiger partial charge in [-0.05, 0) is 81.6 Å². The van der Waals surface area contributed by atoms with Crippen molar-refractivity contribution in [2.24, 2.45) is 29.1 Å². The van der Waals surface area contributed by atoms with Crippen molar-refractivity contribution in [3.63, 3.8) is 0 Å². The molecule has 0 bridgehead atoms. The van der Waals surface area contributed by atoms with Gasteiger partial charge in [0, 0.05) is 11.8 Å². The number of hydrogen-bond donors (Lipinski definition) is 1. The largest absolute Gasteiger partial charge is 0.377 e. The lowest BCUT2D eigenvalue weighted by atomic mass is 9.50. The molecule has 2 nitrogen and oxygen atoms in total. The maximum atomic E-state index is 11.7. The van der Waals surface area contributed by atoms with E-state index in [1.54, 1.807) is 0 Å². The van der Waals surface area contributed by atoms with Crippen molar-refractivity contribution in [1.29, 1.82) is 0 Å². The Bertz CT molecular complexity index is 621. The molecule has 0 unspecified atom stereocenters. The van der Waals surface area contributed by atoms with Crippen LogP contribution in [-0.4, -0.2) is 16.5 Å². The van der Waals surface area contributed by atoms with Crippen molar-refractivity contribution in [3.05, 3.63) is 11.6 Å². The Labute approximate surface area is 139 Å². The maximum absolute atomic E-state index is 11.7. The highest BCUT2D eigenvalue weighted by atomic mass is 16.3. The van der Waals surface area contributed by atoms with Crippen LogP contribution in [0.2, 0.25) is 0 Å². The van der Waals surface area contributed by atoms with Gasteiger partial charge in [0.05, 0.1) is 0 Å². The Kier molecular flexibility index (Phi) is 3.50. The number of fused-ring (bicyclic) bond motifs is 5. The zero-order valence-electron chi connectivity index (χ0n) is 14.4. The molecule has 1 N–H and O–H groups in total. The van der Waals surface area contributed by atoms with Gasteiger partial charge in [-0.3, -0.25) is 4.79 Å². The second-order valence-electron chi connectivity index (χ2n) is 8.53. The fourth-order valence-electron chi connectivity index (χ4n) is 6.61. The molecule has 0 amide bonds. The van der Waals surface area contributed by atoms with Crippen LogP contribution in [0.3, 0.4) is 0 Å². The predicted molar refractivity (Wildman–Crippen MR) is 90.5 cm³/mol. The van der Waals surface area contributed by atoms with Crippen LogP contribution >= 0.6 is 0 Å². The maximum Gasteiger partial charge on any atom is 0.155 e. The summed E-state index contributed by atoms with van der Waals surface area (Å²) in [6.45, 7) is 4.14. The number of aliphatic hydroxyl groups is 1. The average Bonchev–Trinajstić information content (AvgIpc) is 2.79. The molecule has 124 valence electrons. The first kappa shape index (κ1) is 15.5. The summed E-state index contributed by atoms with van der Waals surface area (Å²) in [4.78, 5) is 11.7. The zero-order valence-corrected chi connectivity index (χ0v) is 14.4. The first-order chi connectivity index (χ1) is 11.0. The molecule has 3 saturated carbocycles. The molecular formula is C21H28O2. The molecule has 0 aromatic rings. The van der Waals surface area contributed by atoms with Gasteiger partial charge in [-0.25, -0.2) is 0 Å². The molecule has 0 aromatic carbocycles. The summed E-state index contributed by atoms with van der Waals surface area (Å²) >= 11 is 0. The number of allylic oxidation sites excluding steroid dienone is 1. The molecule has 0 radical (unpaired) electrons. The molecule has 4 rings (SSSR count). The van der Waals surface area contributed by atoms with Gasteiger partial charge in [0.2, 0.25) is 0 Å². The Balaban J connectivity index is 1.65. The van der Waals surface area contributed by atoms with Crippen LogP contribution in [0.15, 0.2) is 11.6 Å². The third-order valence-corrected chi connectivity index (χ3v) is 7.78. The second kappa shape index (κ2) is 5.21. The number of hydrogen-bond acceptors (Lipinski definition) is 2. The van der Waals surface area contributed by atoms with Gasteiger partial charge >= 0.3 is 0 Å². The van der Waals surface area contributed by atoms with Crippen molar-refractivity contribution in [1.82, 2.24) is 0 Å². The van der Waals surface area contributed by atoms with E-state index in [2.05, 4.69) is 18.8 Å². The third-order valence-electron chi connectivity index (χ3n) is 7.78. The minimum absolute atomic E-state index is 0.0388. The van der Waals surface area contributed by atoms with Gasteiger partial charge in [0.25, 0.3) is 0 Å². The number of carbonyl (C=O) groups excluding carboxylic acids is 1. The van der Waals surface area contributed by atoms with Gasteiger partial charge in [-0.1, -0.05) is 18.4 Å². The smallest absolute Gasteiger partial charge is 0.155 e. The van der Waals surface area contributed by atoms with Crippen molar-refractivity contribution in [2.75, 3.05) is 0 Å². The van der Waals surface area contributed by atoms with Crippen molar-refractivity contribution >= 4 is 5.78 Å². The fraction of sp³-hybridized carbons (Fsp3) is 0.762. The summed E-state index contributed by atoms with van der Waals surface area (Å²) in [6, 6.07) is 0. The minimum atomic E-state index is -0.782. The molecule has 2 heteroatoms. The van der Waals surface area contributed by atoms with Crippen LogP contribution in [-0.2, 0) is 4.79 Å². The van der Waals surface area contributed by atoms with Crippen LogP contribution in [0.5, 0.6) is 0 Å². The second-order valence-corrected chi connectivity index (χ2v) is 8.53. The fourth-order valence-corrected chi connectivity index (χ4v) is 6.61. The summed E-state index contributed by atoms with van der Waals surface area (Å²) in [5.74, 6) is 9.19. The molecule has 3 fully saturated rings. The van der Waals surface area contributed by atoms with Crippen molar-refractivity contribution < 1.29 is 9.90 Å². The van der Waals surface area contributed by atoms with Gasteiger partial charge in [0.15, 0.2) is 5.78 Å². The van der Waals surface area contributed by atoms with Crippen LogP contribution in [0.25, 0.3) is 0 Å². The summed E-state index contributed by atoms with van der Waals surface area (Å²) in [5.41, 5.74) is 0.617. The molecular weight excluding hydrogens is 284 g/mol. The highest BCUT2D eigenvalue weighted by Crippen LogP contribution is 2.64. The lowest BCUT2D eigenvalue weighted by Gasteiger charge is -2.54. The van der Waals surface area contributed by atoms with E-state index in [1.165, 1.54) is 18.4 Å². The first-order valence-corrected chi connectivity index (χ1v) is 9.38. The van der Waals surface area contributed by atoms with Crippen LogP contribution in [0.4, 0.5) is 0 Å². The molecule has 4 aliphatic rings. The van der Waals surface area contributed by atoms with E-state index in [1.807, 2.05) is 13.0 Å². The summed E-state index contributed by atoms with van der Waals surface area (Å²) in [6.07, 6.45) is 10.3. The summed E-state index contributed by atoms with van der Waals surface area (Å²) in [7, 11) is 0. The number of carbonyl (C=O) groups is 1. The Morgan fingerprint density at radius 3 is 2.74 bits per heavy atom. The first-order valence-electron chi connectivity index (χ1n) is 9.38. The lowest BCUT2D eigenvalue weighted by molar-refractivity contribution is -0.116. The molecule has 0 spiro atoms. The highest BCUT2D eigenvalue weighted by molar-refractivity contribution is 5.91. The quantitative estimate of drug-likeness (QED) is 0.689. The van der Waals surface area contributed by atoms with Gasteiger partial charge in [0.1, 0.15) is 5.60 Å². The molecule has 23 heavy (non-hydrogen) atoms. The zero-order chi connectivity index (χ0) is 16.2. The lowest BCUT2D eigenvalue weighted by Crippen LogP contribution is -2.52. The number of ketones is 1. The van der Waals surface area contributed by atoms with E-state index >= 15 is 0 Å². The van der Waals surface area contributed by atoms with E-state index in [4.69, 9.17) is 0 Å². The summed E-state index contributed by atoms with van der Waals surface area (Å²) in [5, 5.41) is 11.2. The van der Waals surface area contributed by atoms with Gasteiger partial charge in [-0.2, -0.15) is 0 Å². The Morgan fingerprint density at radius 2 is 1.96 bits per heavy atom. The predicted octanol–water partition coefficient (Wildman–Crippen LogP) is 3.88. The Morgan fingerprint density at radius 1 is 1.13 bits per heavy atom. The molecule has 0 aromatic heterocycles. The average molecular weight is 312 g/mol. The molecule has 4 aliphatic carbocycles. The minimum Gasteiger partial charge on any atom is -0.377 e. The van der Waals surface area contributed by atoms with Crippen LogP contribution < -0.4 is 0 Å². The Hall–Kier alpha value is -1.07. The molecule has 6 atom stereocenters. The van der Waals surface area contributed by atoms with Crippen LogP contribution in [0.1, 0.15) is 65.2 Å². The summed E-state index contributed by atoms with van der Waals surface area (Å²) < 4.78 is 0. The van der Waals surface area contributed by atoms with Crippen molar-refractivity contribution in [2.45, 2.75) is 70.8 Å². The van der Waals surface area contributed by atoms with Gasteiger partial charge < -0.3 is 5.11 Å². The van der Waals surface area contributed by atoms with E-state index in [0.29, 0.717) is 17.6 Å². The number of rotatable bonds is 0. The van der Waals surface area contributed by atoms with E-state index in [-0.39, 0.29) is 5.41 Å². The SMILES string of the molecule is CC#C[C@@]1(O)CC[C@@H]2[C@@H]3CCC4=CC(=O)CC[C@@H]4[C@@H]3CC[C@@]21C. The van der Waals surface area contributed by atoms with Crippen molar-refractivity contribution in [3.8, 4) is 11.8 Å². The molecule has 0 aliphatic heterocycles. The monoisotopic (exact) mass is 312 g/mol.